The van der Waals surface area contributed by atoms with Crippen LogP contribution in [-0.2, 0) is 0 Å². The minimum Gasteiger partial charge on any atom is -0.476 e. The molecule has 0 radical (unpaired) electrons. The highest BCUT2D eigenvalue weighted by atomic mass is 16.5. The topological polar surface area (TPSA) is 35.2 Å². The molecule has 18 heavy (non-hydrogen) atoms. The summed E-state index contributed by atoms with van der Waals surface area (Å²) in [5.41, 5.74) is 6.98. The van der Waals surface area contributed by atoms with Crippen molar-refractivity contribution in [1.29, 1.82) is 0 Å². The van der Waals surface area contributed by atoms with Gasteiger partial charge in [0.2, 0.25) is 0 Å². The second-order valence-electron chi connectivity index (χ2n) is 5.42. The lowest BCUT2D eigenvalue weighted by Crippen LogP contribution is -2.22. The van der Waals surface area contributed by atoms with Gasteiger partial charge in [0, 0.05) is 0 Å². The summed E-state index contributed by atoms with van der Waals surface area (Å²) < 4.78 is 5.45. The minimum atomic E-state index is -0.252. The van der Waals surface area contributed by atoms with E-state index < -0.39 is 0 Å². The SMILES string of the molecule is CCCC(C)C[C@@H](C)c1ccc(OC(C)N)cc1. The zero-order valence-electron chi connectivity index (χ0n) is 12.1. The Labute approximate surface area is 112 Å². The van der Waals surface area contributed by atoms with E-state index in [4.69, 9.17) is 10.5 Å². The molecule has 2 N–H and O–H groups in total. The fraction of sp³-hybridized carbons (Fsp3) is 0.625. The second kappa shape index (κ2) is 7.42. The summed E-state index contributed by atoms with van der Waals surface area (Å²) in [4.78, 5) is 0. The van der Waals surface area contributed by atoms with Crippen molar-refractivity contribution in [2.45, 2.75) is 59.1 Å². The van der Waals surface area contributed by atoms with Gasteiger partial charge in [0.15, 0.2) is 0 Å². The standard InChI is InChI=1S/C16H27NO/c1-5-6-12(2)11-13(3)15-7-9-16(10-8-15)18-14(4)17/h7-10,12-14H,5-6,11,17H2,1-4H3/t12?,13-,14?/m1/s1. The summed E-state index contributed by atoms with van der Waals surface area (Å²) in [5.74, 6) is 2.25. The summed E-state index contributed by atoms with van der Waals surface area (Å²) in [5, 5.41) is 0. The third-order valence-electron chi connectivity index (χ3n) is 3.31. The highest BCUT2D eigenvalue weighted by Crippen LogP contribution is 2.27. The predicted octanol–water partition coefficient (Wildman–Crippen LogP) is 4.30. The molecule has 1 aromatic rings. The van der Waals surface area contributed by atoms with Gasteiger partial charge in [-0.3, -0.25) is 5.73 Å². The van der Waals surface area contributed by atoms with Crippen molar-refractivity contribution in [3.8, 4) is 5.75 Å². The molecular formula is C16H27NO. The summed E-state index contributed by atoms with van der Waals surface area (Å²) in [6.45, 7) is 8.73. The fourth-order valence-corrected chi connectivity index (χ4v) is 2.44. The van der Waals surface area contributed by atoms with Crippen LogP contribution in [0.4, 0.5) is 0 Å². The van der Waals surface area contributed by atoms with E-state index in [0.29, 0.717) is 5.92 Å². The third kappa shape index (κ3) is 5.09. The fourth-order valence-electron chi connectivity index (χ4n) is 2.44. The van der Waals surface area contributed by atoms with Gasteiger partial charge in [-0.15, -0.1) is 0 Å². The molecule has 0 bridgehead atoms. The molecule has 0 saturated heterocycles. The van der Waals surface area contributed by atoms with Gasteiger partial charge in [0.1, 0.15) is 12.0 Å². The van der Waals surface area contributed by atoms with Crippen molar-refractivity contribution in [2.24, 2.45) is 11.7 Å². The van der Waals surface area contributed by atoms with Gasteiger partial charge in [-0.1, -0.05) is 45.7 Å². The maximum Gasteiger partial charge on any atom is 0.144 e. The van der Waals surface area contributed by atoms with Gasteiger partial charge in [-0.25, -0.2) is 0 Å². The van der Waals surface area contributed by atoms with Gasteiger partial charge in [-0.2, -0.15) is 0 Å². The highest BCUT2D eigenvalue weighted by molar-refractivity contribution is 5.29. The van der Waals surface area contributed by atoms with Crippen molar-refractivity contribution < 1.29 is 4.74 Å². The Balaban J connectivity index is 2.55. The monoisotopic (exact) mass is 249 g/mol. The summed E-state index contributed by atoms with van der Waals surface area (Å²) in [6, 6.07) is 8.33. The molecule has 2 unspecified atom stereocenters. The molecule has 0 aromatic heterocycles. The van der Waals surface area contributed by atoms with E-state index in [1.807, 2.05) is 19.1 Å². The first-order valence-corrected chi connectivity index (χ1v) is 7.05. The lowest BCUT2D eigenvalue weighted by molar-refractivity contribution is 0.230. The number of hydrogen-bond donors (Lipinski definition) is 1. The number of hydrogen-bond acceptors (Lipinski definition) is 2. The van der Waals surface area contributed by atoms with Crippen molar-refractivity contribution in [3.05, 3.63) is 29.8 Å². The maximum absolute atomic E-state index is 5.60. The van der Waals surface area contributed by atoms with Crippen molar-refractivity contribution >= 4 is 0 Å². The van der Waals surface area contributed by atoms with Crippen LogP contribution in [0.5, 0.6) is 5.75 Å². The Morgan fingerprint density at radius 1 is 1.11 bits per heavy atom. The van der Waals surface area contributed by atoms with Crippen LogP contribution in [-0.4, -0.2) is 6.23 Å². The molecule has 102 valence electrons. The number of nitrogens with two attached hydrogens (primary N) is 1. The third-order valence-corrected chi connectivity index (χ3v) is 3.31. The first kappa shape index (κ1) is 15.0. The van der Waals surface area contributed by atoms with E-state index in [9.17, 15) is 0 Å². The summed E-state index contributed by atoms with van der Waals surface area (Å²) in [7, 11) is 0. The zero-order chi connectivity index (χ0) is 13.5. The Morgan fingerprint density at radius 3 is 2.22 bits per heavy atom. The smallest absolute Gasteiger partial charge is 0.144 e. The molecule has 2 heteroatoms. The lowest BCUT2D eigenvalue weighted by atomic mass is 9.89. The quantitative estimate of drug-likeness (QED) is 0.731. The number of benzene rings is 1. The molecule has 0 fully saturated rings. The van der Waals surface area contributed by atoms with Crippen molar-refractivity contribution in [3.63, 3.8) is 0 Å². The maximum atomic E-state index is 5.60. The number of rotatable bonds is 7. The first-order chi connectivity index (χ1) is 8.52. The molecule has 0 heterocycles. The van der Waals surface area contributed by atoms with Crippen LogP contribution in [0.2, 0.25) is 0 Å². The second-order valence-corrected chi connectivity index (χ2v) is 5.42. The molecule has 0 spiro atoms. The molecule has 2 nitrogen and oxygen atoms in total. The normalized spacial score (nSPS) is 16.1. The zero-order valence-corrected chi connectivity index (χ0v) is 12.1. The molecule has 0 aliphatic heterocycles. The summed E-state index contributed by atoms with van der Waals surface area (Å²) in [6.07, 6.45) is 3.59. The van der Waals surface area contributed by atoms with Crippen LogP contribution < -0.4 is 10.5 Å². The molecule has 3 atom stereocenters. The van der Waals surface area contributed by atoms with E-state index in [-0.39, 0.29) is 6.23 Å². The predicted molar refractivity (Wildman–Crippen MR) is 77.8 cm³/mol. The van der Waals surface area contributed by atoms with Crippen LogP contribution in [0.3, 0.4) is 0 Å². The lowest BCUT2D eigenvalue weighted by Gasteiger charge is -2.17. The largest absolute Gasteiger partial charge is 0.476 e. The molecular weight excluding hydrogens is 222 g/mol. The Kier molecular flexibility index (Phi) is 6.20. The molecule has 0 aliphatic carbocycles. The molecule has 1 aromatic carbocycles. The van der Waals surface area contributed by atoms with E-state index in [1.54, 1.807) is 0 Å². The Bertz CT molecular complexity index is 331. The molecule has 0 saturated carbocycles. The van der Waals surface area contributed by atoms with Gasteiger partial charge in [0.05, 0.1) is 0 Å². The van der Waals surface area contributed by atoms with Crippen molar-refractivity contribution in [1.82, 2.24) is 0 Å². The summed E-state index contributed by atoms with van der Waals surface area (Å²) >= 11 is 0. The number of ether oxygens (including phenoxy) is 1. The van der Waals surface area contributed by atoms with Gasteiger partial charge in [0.25, 0.3) is 0 Å². The minimum absolute atomic E-state index is 0.252. The van der Waals surface area contributed by atoms with Crippen LogP contribution >= 0.6 is 0 Å². The first-order valence-electron chi connectivity index (χ1n) is 7.05. The molecule has 0 aliphatic rings. The van der Waals surface area contributed by atoms with E-state index in [2.05, 4.69) is 32.9 Å². The van der Waals surface area contributed by atoms with Gasteiger partial charge < -0.3 is 4.74 Å². The van der Waals surface area contributed by atoms with E-state index in [0.717, 1.165) is 11.7 Å². The molecule has 1 rings (SSSR count). The van der Waals surface area contributed by atoms with Crippen LogP contribution in [0.1, 0.15) is 58.4 Å². The van der Waals surface area contributed by atoms with Crippen molar-refractivity contribution in [2.75, 3.05) is 0 Å². The van der Waals surface area contributed by atoms with Crippen LogP contribution in [0.25, 0.3) is 0 Å². The van der Waals surface area contributed by atoms with Crippen LogP contribution in [0, 0.1) is 5.92 Å². The van der Waals surface area contributed by atoms with E-state index >= 15 is 0 Å². The van der Waals surface area contributed by atoms with Gasteiger partial charge in [-0.05, 0) is 42.9 Å². The molecule has 0 amide bonds. The average molecular weight is 249 g/mol. The average Bonchev–Trinajstić information content (AvgIpc) is 2.29. The van der Waals surface area contributed by atoms with Gasteiger partial charge >= 0.3 is 0 Å². The Morgan fingerprint density at radius 2 is 1.72 bits per heavy atom. The van der Waals surface area contributed by atoms with Crippen LogP contribution in [0.15, 0.2) is 24.3 Å². The Hall–Kier alpha value is -1.02. The van der Waals surface area contributed by atoms with E-state index in [1.165, 1.54) is 24.8 Å². The highest BCUT2D eigenvalue weighted by Gasteiger charge is 2.10.